The van der Waals surface area contributed by atoms with Crippen LogP contribution < -0.4 is 15.4 Å². The van der Waals surface area contributed by atoms with Crippen LogP contribution in [0, 0.1) is 0 Å². The van der Waals surface area contributed by atoms with Crippen molar-refractivity contribution in [1.29, 1.82) is 0 Å². The second-order valence-corrected chi connectivity index (χ2v) is 9.43. The van der Waals surface area contributed by atoms with Crippen LogP contribution in [0.4, 0.5) is 11.4 Å². The number of nitrogens with one attached hydrogen (secondary N) is 2. The third kappa shape index (κ3) is 5.23. The maximum absolute atomic E-state index is 13.0. The molecule has 1 aliphatic rings. The highest BCUT2D eigenvalue weighted by molar-refractivity contribution is 7.89. The van der Waals surface area contributed by atoms with Crippen molar-refractivity contribution >= 4 is 33.2 Å². The van der Waals surface area contributed by atoms with Gasteiger partial charge in [-0.2, -0.15) is 4.31 Å². The standard InChI is InChI=1S/C22H27N3O5S/c1-15-6-4-5-13-25(15)31(28,29)19-10-7-17(8-11-19)22(27)24-20-14-18(23-16(2)26)9-12-21(20)30-3/h7-12,14-15H,4-6,13H2,1-3H3,(H,23,26)(H,24,27)/t15-/m1/s1. The molecule has 1 fully saturated rings. The van der Waals surface area contributed by atoms with Gasteiger partial charge in [0.1, 0.15) is 5.75 Å². The SMILES string of the molecule is COc1ccc(NC(C)=O)cc1NC(=O)c1ccc(S(=O)(=O)N2CCCC[C@H]2C)cc1. The number of methoxy groups -OCH3 is 1. The highest BCUT2D eigenvalue weighted by atomic mass is 32.2. The summed E-state index contributed by atoms with van der Waals surface area (Å²) in [7, 11) is -2.12. The number of hydrogen-bond donors (Lipinski definition) is 2. The van der Waals surface area contributed by atoms with E-state index in [9.17, 15) is 18.0 Å². The van der Waals surface area contributed by atoms with E-state index in [2.05, 4.69) is 10.6 Å². The first-order chi connectivity index (χ1) is 14.7. The molecule has 0 bridgehead atoms. The lowest BCUT2D eigenvalue weighted by Crippen LogP contribution is -2.41. The van der Waals surface area contributed by atoms with E-state index in [0.29, 0.717) is 29.2 Å². The molecule has 2 aromatic carbocycles. The zero-order valence-electron chi connectivity index (χ0n) is 17.8. The highest BCUT2D eigenvalue weighted by Crippen LogP contribution is 2.29. The average molecular weight is 446 g/mol. The topological polar surface area (TPSA) is 105 Å². The van der Waals surface area contributed by atoms with Gasteiger partial charge < -0.3 is 15.4 Å². The molecule has 0 spiro atoms. The molecule has 31 heavy (non-hydrogen) atoms. The number of benzene rings is 2. The molecule has 2 N–H and O–H groups in total. The maximum Gasteiger partial charge on any atom is 0.255 e. The molecular weight excluding hydrogens is 418 g/mol. The van der Waals surface area contributed by atoms with Crippen LogP contribution in [-0.2, 0) is 14.8 Å². The zero-order chi connectivity index (χ0) is 22.6. The first-order valence-corrected chi connectivity index (χ1v) is 11.6. The van der Waals surface area contributed by atoms with E-state index in [-0.39, 0.29) is 16.8 Å². The van der Waals surface area contributed by atoms with Gasteiger partial charge in [-0.25, -0.2) is 8.42 Å². The fraction of sp³-hybridized carbons (Fsp3) is 0.364. The van der Waals surface area contributed by atoms with Crippen LogP contribution in [0.15, 0.2) is 47.4 Å². The third-order valence-corrected chi connectivity index (χ3v) is 7.26. The summed E-state index contributed by atoms with van der Waals surface area (Å²) < 4.78 is 32.7. The molecule has 0 aliphatic carbocycles. The minimum Gasteiger partial charge on any atom is -0.495 e. The second kappa shape index (κ2) is 9.49. The molecule has 2 amide bonds. The Balaban J connectivity index is 1.79. The quantitative estimate of drug-likeness (QED) is 0.708. The van der Waals surface area contributed by atoms with Gasteiger partial charge in [-0.3, -0.25) is 9.59 Å². The number of sulfonamides is 1. The number of amides is 2. The number of anilines is 2. The van der Waals surface area contributed by atoms with E-state index in [1.54, 1.807) is 18.2 Å². The summed E-state index contributed by atoms with van der Waals surface area (Å²) in [6.07, 6.45) is 2.72. The van der Waals surface area contributed by atoms with Crippen LogP contribution in [0.2, 0.25) is 0 Å². The van der Waals surface area contributed by atoms with Crippen molar-refractivity contribution in [1.82, 2.24) is 4.31 Å². The van der Waals surface area contributed by atoms with Gasteiger partial charge in [-0.15, -0.1) is 0 Å². The first-order valence-electron chi connectivity index (χ1n) is 10.1. The fourth-order valence-corrected chi connectivity index (χ4v) is 5.32. The number of hydrogen-bond acceptors (Lipinski definition) is 5. The Morgan fingerprint density at radius 3 is 2.39 bits per heavy atom. The molecule has 9 heteroatoms. The van der Waals surface area contributed by atoms with Crippen molar-refractivity contribution in [3.05, 3.63) is 48.0 Å². The predicted molar refractivity (Wildman–Crippen MR) is 119 cm³/mol. The van der Waals surface area contributed by atoms with Crippen LogP contribution in [0.1, 0.15) is 43.5 Å². The zero-order valence-corrected chi connectivity index (χ0v) is 18.7. The van der Waals surface area contributed by atoms with E-state index in [4.69, 9.17) is 4.74 Å². The van der Waals surface area contributed by atoms with Gasteiger partial charge >= 0.3 is 0 Å². The molecule has 0 unspecified atom stereocenters. The molecule has 0 radical (unpaired) electrons. The number of carbonyl (C=O) groups is 2. The average Bonchev–Trinajstić information content (AvgIpc) is 2.74. The molecule has 166 valence electrons. The van der Waals surface area contributed by atoms with E-state index in [1.165, 1.54) is 42.6 Å². The van der Waals surface area contributed by atoms with E-state index in [0.717, 1.165) is 19.3 Å². The first kappa shape index (κ1) is 22.8. The molecule has 3 rings (SSSR count). The summed E-state index contributed by atoms with van der Waals surface area (Å²) >= 11 is 0. The van der Waals surface area contributed by atoms with Gasteiger partial charge in [-0.05, 0) is 62.2 Å². The monoisotopic (exact) mass is 445 g/mol. The Hall–Kier alpha value is -2.91. The van der Waals surface area contributed by atoms with Crippen LogP contribution in [0.5, 0.6) is 5.75 Å². The summed E-state index contributed by atoms with van der Waals surface area (Å²) in [4.78, 5) is 24.2. The largest absolute Gasteiger partial charge is 0.495 e. The normalized spacial score (nSPS) is 17.1. The van der Waals surface area contributed by atoms with Gasteiger partial charge in [-0.1, -0.05) is 6.42 Å². The van der Waals surface area contributed by atoms with Crippen molar-refractivity contribution in [2.45, 2.75) is 44.0 Å². The Labute approximate surface area is 182 Å². The van der Waals surface area contributed by atoms with Crippen LogP contribution in [0.25, 0.3) is 0 Å². The lowest BCUT2D eigenvalue weighted by molar-refractivity contribution is -0.114. The van der Waals surface area contributed by atoms with Crippen molar-refractivity contribution < 1.29 is 22.7 Å². The fourth-order valence-electron chi connectivity index (χ4n) is 3.62. The maximum atomic E-state index is 13.0. The highest BCUT2D eigenvalue weighted by Gasteiger charge is 2.30. The predicted octanol–water partition coefficient (Wildman–Crippen LogP) is 3.47. The van der Waals surface area contributed by atoms with Gasteiger partial charge in [0.15, 0.2) is 0 Å². The van der Waals surface area contributed by atoms with Gasteiger partial charge in [0.05, 0.1) is 17.7 Å². The van der Waals surface area contributed by atoms with Gasteiger partial charge in [0, 0.05) is 30.8 Å². The van der Waals surface area contributed by atoms with Crippen LogP contribution >= 0.6 is 0 Å². The smallest absolute Gasteiger partial charge is 0.255 e. The van der Waals surface area contributed by atoms with Crippen molar-refractivity contribution in [2.24, 2.45) is 0 Å². The third-order valence-electron chi connectivity index (χ3n) is 5.23. The Kier molecular flexibility index (Phi) is 6.97. The summed E-state index contributed by atoms with van der Waals surface area (Å²) in [5, 5.41) is 5.40. The van der Waals surface area contributed by atoms with E-state index < -0.39 is 15.9 Å². The minimum atomic E-state index is -3.60. The van der Waals surface area contributed by atoms with Crippen LogP contribution in [0.3, 0.4) is 0 Å². The Morgan fingerprint density at radius 1 is 1.06 bits per heavy atom. The molecule has 1 aliphatic heterocycles. The number of piperidine rings is 1. The van der Waals surface area contributed by atoms with Crippen LogP contribution in [-0.4, -0.2) is 44.2 Å². The number of ether oxygens (including phenoxy) is 1. The molecular formula is C22H27N3O5S. The summed E-state index contributed by atoms with van der Waals surface area (Å²) in [6.45, 7) is 3.82. The van der Waals surface area contributed by atoms with E-state index >= 15 is 0 Å². The molecule has 1 saturated heterocycles. The minimum absolute atomic E-state index is 0.0370. The lowest BCUT2D eigenvalue weighted by Gasteiger charge is -2.32. The Morgan fingerprint density at radius 2 is 1.77 bits per heavy atom. The molecule has 1 heterocycles. The molecule has 0 saturated carbocycles. The molecule has 8 nitrogen and oxygen atoms in total. The number of carbonyl (C=O) groups excluding carboxylic acids is 2. The van der Waals surface area contributed by atoms with Crippen molar-refractivity contribution in [3.63, 3.8) is 0 Å². The molecule has 1 atom stereocenters. The summed E-state index contributed by atoms with van der Waals surface area (Å²) in [6, 6.07) is 10.7. The summed E-state index contributed by atoms with van der Waals surface area (Å²) in [5.41, 5.74) is 1.20. The molecule has 0 aromatic heterocycles. The number of nitrogens with zero attached hydrogens (tertiary/aromatic N) is 1. The van der Waals surface area contributed by atoms with Gasteiger partial charge in [0.25, 0.3) is 5.91 Å². The lowest BCUT2D eigenvalue weighted by atomic mass is 10.1. The van der Waals surface area contributed by atoms with Crippen molar-refractivity contribution in [2.75, 3.05) is 24.3 Å². The Bertz CT molecular complexity index is 1070. The number of rotatable bonds is 6. The second-order valence-electron chi connectivity index (χ2n) is 7.54. The molecule has 2 aromatic rings. The van der Waals surface area contributed by atoms with Crippen molar-refractivity contribution in [3.8, 4) is 5.75 Å². The van der Waals surface area contributed by atoms with Gasteiger partial charge in [0.2, 0.25) is 15.9 Å². The summed E-state index contributed by atoms with van der Waals surface area (Å²) in [5.74, 6) is -0.225. The van der Waals surface area contributed by atoms with E-state index in [1.807, 2.05) is 6.92 Å².